The molecule has 0 saturated carbocycles. The average molecular weight is 282 g/mol. The molecule has 104 valence electrons. The first-order valence-corrected chi connectivity index (χ1v) is 7.25. The van der Waals surface area contributed by atoms with Gasteiger partial charge in [-0.2, -0.15) is 0 Å². The first-order chi connectivity index (χ1) is 9.25. The Labute approximate surface area is 119 Å². The van der Waals surface area contributed by atoms with E-state index in [0.29, 0.717) is 17.3 Å². The van der Waals surface area contributed by atoms with Gasteiger partial charge in [0, 0.05) is 18.3 Å². The van der Waals surface area contributed by atoms with Gasteiger partial charge in [-0.25, -0.2) is 4.98 Å². The maximum absolute atomic E-state index is 11.8. The zero-order chi connectivity index (χ0) is 13.5. The topological polar surface area (TPSA) is 45.2 Å². The second kappa shape index (κ2) is 7.46. The lowest BCUT2D eigenvalue weighted by Crippen LogP contribution is -2.33. The third-order valence-electron chi connectivity index (χ3n) is 3.37. The van der Waals surface area contributed by atoms with Crippen molar-refractivity contribution in [1.82, 2.24) is 15.2 Å². The number of hydrogen-bond donors (Lipinski definition) is 1. The molecule has 2 rings (SSSR count). The minimum Gasteiger partial charge on any atom is -0.352 e. The van der Waals surface area contributed by atoms with Crippen LogP contribution in [0.2, 0.25) is 5.15 Å². The summed E-state index contributed by atoms with van der Waals surface area (Å²) in [5, 5.41) is 3.26. The van der Waals surface area contributed by atoms with Gasteiger partial charge in [0.15, 0.2) is 0 Å². The molecule has 19 heavy (non-hydrogen) atoms. The molecule has 4 nitrogen and oxygen atoms in total. The van der Waals surface area contributed by atoms with Gasteiger partial charge in [-0.3, -0.25) is 4.79 Å². The summed E-state index contributed by atoms with van der Waals surface area (Å²) in [6.45, 7) is 4.18. The van der Waals surface area contributed by atoms with Crippen LogP contribution in [-0.4, -0.2) is 42.0 Å². The lowest BCUT2D eigenvalue weighted by atomic mass is 10.1. The minimum atomic E-state index is -0.0806. The Morgan fingerprint density at radius 3 is 2.89 bits per heavy atom. The highest BCUT2D eigenvalue weighted by atomic mass is 35.5. The van der Waals surface area contributed by atoms with Gasteiger partial charge in [0.2, 0.25) is 0 Å². The standard InChI is InChI=1S/C14H20ClN3O/c15-13-11-12(5-7-16-13)14(19)17-6-4-10-18-8-2-1-3-9-18/h5,7,11H,1-4,6,8-10H2,(H,17,19). The number of nitrogens with one attached hydrogen (secondary N) is 1. The van der Waals surface area contributed by atoms with Crippen LogP contribution in [0.15, 0.2) is 18.3 Å². The van der Waals surface area contributed by atoms with Crippen LogP contribution in [0.1, 0.15) is 36.0 Å². The second-order valence-electron chi connectivity index (χ2n) is 4.88. The van der Waals surface area contributed by atoms with Crippen molar-refractivity contribution >= 4 is 17.5 Å². The van der Waals surface area contributed by atoms with E-state index >= 15 is 0 Å². The first-order valence-electron chi connectivity index (χ1n) is 6.88. The van der Waals surface area contributed by atoms with Gasteiger partial charge in [0.25, 0.3) is 5.91 Å². The zero-order valence-corrected chi connectivity index (χ0v) is 11.8. The van der Waals surface area contributed by atoms with Gasteiger partial charge in [-0.15, -0.1) is 0 Å². The van der Waals surface area contributed by atoms with Crippen molar-refractivity contribution in [1.29, 1.82) is 0 Å². The summed E-state index contributed by atoms with van der Waals surface area (Å²) in [5.74, 6) is -0.0806. The fourth-order valence-corrected chi connectivity index (χ4v) is 2.51. The lowest BCUT2D eigenvalue weighted by Gasteiger charge is -2.26. The smallest absolute Gasteiger partial charge is 0.251 e. The molecule has 1 aromatic heterocycles. The Morgan fingerprint density at radius 1 is 1.37 bits per heavy atom. The highest BCUT2D eigenvalue weighted by molar-refractivity contribution is 6.29. The fourth-order valence-electron chi connectivity index (χ4n) is 2.33. The number of carbonyl (C=O) groups is 1. The summed E-state index contributed by atoms with van der Waals surface area (Å²) in [6.07, 6.45) is 6.51. The van der Waals surface area contributed by atoms with Crippen molar-refractivity contribution in [2.45, 2.75) is 25.7 Å². The van der Waals surface area contributed by atoms with Crippen molar-refractivity contribution in [2.24, 2.45) is 0 Å². The van der Waals surface area contributed by atoms with Crippen LogP contribution >= 0.6 is 11.6 Å². The summed E-state index contributed by atoms with van der Waals surface area (Å²) < 4.78 is 0. The van der Waals surface area contributed by atoms with Crippen molar-refractivity contribution in [3.8, 4) is 0 Å². The molecule has 1 amide bonds. The van der Waals surface area contributed by atoms with Gasteiger partial charge >= 0.3 is 0 Å². The molecular formula is C14H20ClN3O. The number of piperidine rings is 1. The van der Waals surface area contributed by atoms with Gasteiger partial charge in [0.1, 0.15) is 5.15 Å². The van der Waals surface area contributed by atoms with E-state index in [1.165, 1.54) is 32.4 Å². The zero-order valence-electron chi connectivity index (χ0n) is 11.1. The maximum Gasteiger partial charge on any atom is 0.251 e. The highest BCUT2D eigenvalue weighted by Crippen LogP contribution is 2.09. The number of rotatable bonds is 5. The number of carbonyl (C=O) groups excluding carboxylic acids is 1. The van der Waals surface area contributed by atoms with Crippen LogP contribution in [0.25, 0.3) is 0 Å². The Balaban J connectivity index is 1.66. The van der Waals surface area contributed by atoms with Crippen LogP contribution in [0.5, 0.6) is 0 Å². The number of halogens is 1. The van der Waals surface area contributed by atoms with E-state index in [9.17, 15) is 4.79 Å². The predicted molar refractivity (Wildman–Crippen MR) is 76.5 cm³/mol. The third-order valence-corrected chi connectivity index (χ3v) is 3.58. The molecule has 0 unspecified atom stereocenters. The molecule has 1 N–H and O–H groups in total. The van der Waals surface area contributed by atoms with Gasteiger partial charge in [-0.1, -0.05) is 18.0 Å². The highest BCUT2D eigenvalue weighted by Gasteiger charge is 2.10. The molecule has 1 saturated heterocycles. The molecule has 0 atom stereocenters. The maximum atomic E-state index is 11.8. The molecule has 1 aliphatic rings. The SMILES string of the molecule is O=C(NCCCN1CCCCC1)c1ccnc(Cl)c1. The molecule has 1 aliphatic heterocycles. The average Bonchev–Trinajstić information content (AvgIpc) is 2.44. The second-order valence-corrected chi connectivity index (χ2v) is 5.27. The molecule has 0 spiro atoms. The monoisotopic (exact) mass is 281 g/mol. The quantitative estimate of drug-likeness (QED) is 0.666. The molecule has 5 heteroatoms. The van der Waals surface area contributed by atoms with E-state index in [4.69, 9.17) is 11.6 Å². The van der Waals surface area contributed by atoms with Crippen molar-refractivity contribution in [3.63, 3.8) is 0 Å². The van der Waals surface area contributed by atoms with Gasteiger partial charge in [-0.05, 0) is 51.0 Å². The number of hydrogen-bond acceptors (Lipinski definition) is 3. The molecule has 0 bridgehead atoms. The summed E-state index contributed by atoms with van der Waals surface area (Å²) in [6, 6.07) is 3.26. The lowest BCUT2D eigenvalue weighted by molar-refractivity contribution is 0.0951. The number of nitrogens with zero attached hydrogens (tertiary/aromatic N) is 2. The Morgan fingerprint density at radius 2 is 2.16 bits per heavy atom. The van der Waals surface area contributed by atoms with E-state index in [1.807, 2.05) is 0 Å². The largest absolute Gasteiger partial charge is 0.352 e. The summed E-state index contributed by atoms with van der Waals surface area (Å²) in [4.78, 5) is 18.2. The number of amides is 1. The molecule has 0 aromatic carbocycles. The van der Waals surface area contributed by atoms with E-state index in [2.05, 4.69) is 15.2 Å². The molecule has 2 heterocycles. The third kappa shape index (κ3) is 4.80. The van der Waals surface area contributed by atoms with Crippen LogP contribution in [0.3, 0.4) is 0 Å². The van der Waals surface area contributed by atoms with Crippen LogP contribution in [0, 0.1) is 0 Å². The Bertz CT molecular complexity index is 419. The number of pyridine rings is 1. The van der Waals surface area contributed by atoms with E-state index in [1.54, 1.807) is 18.3 Å². The van der Waals surface area contributed by atoms with E-state index in [-0.39, 0.29) is 5.91 Å². The Kier molecular flexibility index (Phi) is 5.61. The minimum absolute atomic E-state index is 0.0806. The van der Waals surface area contributed by atoms with Gasteiger partial charge < -0.3 is 10.2 Å². The van der Waals surface area contributed by atoms with Crippen LogP contribution in [-0.2, 0) is 0 Å². The normalized spacial score (nSPS) is 16.3. The van der Waals surface area contributed by atoms with Crippen molar-refractivity contribution < 1.29 is 4.79 Å². The molecule has 0 aliphatic carbocycles. The molecular weight excluding hydrogens is 262 g/mol. The number of likely N-dealkylation sites (tertiary alicyclic amines) is 1. The predicted octanol–water partition coefficient (Wildman–Crippen LogP) is 2.34. The fraction of sp³-hybridized carbons (Fsp3) is 0.571. The van der Waals surface area contributed by atoms with Crippen molar-refractivity contribution in [2.75, 3.05) is 26.2 Å². The van der Waals surface area contributed by atoms with Crippen molar-refractivity contribution in [3.05, 3.63) is 29.0 Å². The molecule has 1 fully saturated rings. The van der Waals surface area contributed by atoms with Gasteiger partial charge in [0.05, 0.1) is 0 Å². The molecule has 1 aromatic rings. The molecule has 0 radical (unpaired) electrons. The van der Waals surface area contributed by atoms with Crippen LogP contribution < -0.4 is 5.32 Å². The Hall–Kier alpha value is -1.13. The first kappa shape index (κ1) is 14.3. The van der Waals surface area contributed by atoms with E-state index in [0.717, 1.165) is 13.0 Å². The van der Waals surface area contributed by atoms with Crippen LogP contribution in [0.4, 0.5) is 0 Å². The summed E-state index contributed by atoms with van der Waals surface area (Å²) in [7, 11) is 0. The summed E-state index contributed by atoms with van der Waals surface area (Å²) in [5.41, 5.74) is 0.568. The summed E-state index contributed by atoms with van der Waals surface area (Å²) >= 11 is 5.75. The number of aromatic nitrogens is 1. The van der Waals surface area contributed by atoms with E-state index < -0.39 is 0 Å².